The highest BCUT2D eigenvalue weighted by Crippen LogP contribution is 2.06. The Labute approximate surface area is 118 Å². The van der Waals surface area contributed by atoms with Gasteiger partial charge in [-0.3, -0.25) is 4.90 Å². The molecule has 0 aromatic heterocycles. The van der Waals surface area contributed by atoms with Crippen LogP contribution in [0.2, 0.25) is 0 Å². The molecule has 0 aliphatic carbocycles. The zero-order chi connectivity index (χ0) is 13.4. The summed E-state index contributed by atoms with van der Waals surface area (Å²) in [5, 5.41) is 37.5. The lowest BCUT2D eigenvalue weighted by atomic mass is 10.0. The highest BCUT2D eigenvalue weighted by Gasteiger charge is 2.30. The molecule has 8 heteroatoms. The van der Waals surface area contributed by atoms with Crippen molar-refractivity contribution in [3.8, 4) is 0 Å². The van der Waals surface area contributed by atoms with E-state index >= 15 is 0 Å². The standard InChI is InChI=1S/C10H20ClNO5.ClH/c1-2-12(4-3-11)5-7(14)9(16)10(17)8(15)6-13;/h6-10,14-17H,2-5H2,1H3;1H. The third kappa shape index (κ3) is 6.84. The Kier molecular flexibility index (Phi) is 12.4. The second kappa shape index (κ2) is 10.9. The van der Waals surface area contributed by atoms with Gasteiger partial charge in [0.05, 0.1) is 6.10 Å². The van der Waals surface area contributed by atoms with Gasteiger partial charge in [-0.25, -0.2) is 0 Å². The molecule has 18 heavy (non-hydrogen) atoms. The van der Waals surface area contributed by atoms with E-state index in [9.17, 15) is 20.1 Å². The van der Waals surface area contributed by atoms with Gasteiger partial charge in [-0.2, -0.15) is 0 Å². The molecule has 0 saturated carbocycles. The maximum atomic E-state index is 10.2. The van der Waals surface area contributed by atoms with Crippen LogP contribution in [0.1, 0.15) is 6.92 Å². The van der Waals surface area contributed by atoms with Gasteiger partial charge in [0.15, 0.2) is 6.29 Å². The zero-order valence-corrected chi connectivity index (χ0v) is 11.7. The zero-order valence-electron chi connectivity index (χ0n) is 10.1. The first-order valence-corrected chi connectivity index (χ1v) is 5.97. The quantitative estimate of drug-likeness (QED) is 0.309. The Balaban J connectivity index is 0. The number of aliphatic hydroxyl groups excluding tert-OH is 4. The molecule has 0 aromatic carbocycles. The predicted molar refractivity (Wildman–Crippen MR) is 70.2 cm³/mol. The fraction of sp³-hybridized carbons (Fsp3) is 0.900. The van der Waals surface area contributed by atoms with Gasteiger partial charge in [0, 0.05) is 19.0 Å². The van der Waals surface area contributed by atoms with Crippen LogP contribution in [-0.2, 0) is 4.79 Å². The van der Waals surface area contributed by atoms with E-state index in [1.165, 1.54) is 0 Å². The van der Waals surface area contributed by atoms with Crippen molar-refractivity contribution in [2.45, 2.75) is 31.3 Å². The molecule has 6 nitrogen and oxygen atoms in total. The van der Waals surface area contributed by atoms with Crippen molar-refractivity contribution in [1.29, 1.82) is 0 Å². The summed E-state index contributed by atoms with van der Waals surface area (Å²) >= 11 is 5.55. The van der Waals surface area contributed by atoms with E-state index in [4.69, 9.17) is 16.7 Å². The maximum Gasteiger partial charge on any atom is 0.151 e. The van der Waals surface area contributed by atoms with Crippen LogP contribution < -0.4 is 0 Å². The van der Waals surface area contributed by atoms with Gasteiger partial charge in [0.2, 0.25) is 0 Å². The number of aldehydes is 1. The largest absolute Gasteiger partial charge is 0.389 e. The number of likely N-dealkylation sites (N-methyl/N-ethyl adjacent to an activating group) is 1. The Morgan fingerprint density at radius 1 is 1.22 bits per heavy atom. The van der Waals surface area contributed by atoms with E-state index < -0.39 is 24.4 Å². The number of alkyl halides is 1. The summed E-state index contributed by atoms with van der Waals surface area (Å²) in [5.41, 5.74) is 0. The predicted octanol–water partition coefficient (Wildman–Crippen LogP) is -1.39. The summed E-state index contributed by atoms with van der Waals surface area (Å²) in [6.45, 7) is 3.13. The molecule has 0 aliphatic heterocycles. The number of halogens is 2. The fourth-order valence-corrected chi connectivity index (χ4v) is 1.62. The number of hydrogen-bond donors (Lipinski definition) is 4. The first-order valence-electron chi connectivity index (χ1n) is 5.43. The Morgan fingerprint density at radius 3 is 2.17 bits per heavy atom. The molecule has 0 aliphatic rings. The summed E-state index contributed by atoms with van der Waals surface area (Å²) in [6.07, 6.45) is -6.14. The number of hydrogen-bond acceptors (Lipinski definition) is 6. The van der Waals surface area contributed by atoms with Gasteiger partial charge in [0.25, 0.3) is 0 Å². The van der Waals surface area contributed by atoms with Gasteiger partial charge < -0.3 is 25.2 Å². The first-order chi connectivity index (χ1) is 7.97. The van der Waals surface area contributed by atoms with Crippen molar-refractivity contribution in [2.24, 2.45) is 0 Å². The molecule has 0 spiro atoms. The number of rotatable bonds is 9. The van der Waals surface area contributed by atoms with E-state index in [-0.39, 0.29) is 25.2 Å². The van der Waals surface area contributed by atoms with Crippen molar-refractivity contribution >= 4 is 30.3 Å². The van der Waals surface area contributed by atoms with Crippen molar-refractivity contribution in [3.05, 3.63) is 0 Å². The van der Waals surface area contributed by atoms with Crippen LogP contribution in [0, 0.1) is 0 Å². The van der Waals surface area contributed by atoms with Crippen LogP contribution in [0.3, 0.4) is 0 Å². The molecule has 0 aromatic rings. The van der Waals surface area contributed by atoms with Crippen LogP contribution >= 0.6 is 24.0 Å². The SMILES string of the molecule is CCN(CCCl)CC(O)C(O)C(O)C(O)C=O.Cl. The molecule has 0 amide bonds. The molecule has 4 N–H and O–H groups in total. The highest BCUT2D eigenvalue weighted by atomic mass is 35.5. The molecule has 0 bridgehead atoms. The molecule has 0 heterocycles. The van der Waals surface area contributed by atoms with E-state index in [0.717, 1.165) is 0 Å². The first kappa shape index (κ1) is 20.4. The minimum atomic E-state index is -1.71. The van der Waals surface area contributed by atoms with E-state index in [0.29, 0.717) is 19.0 Å². The van der Waals surface area contributed by atoms with E-state index in [1.807, 2.05) is 6.92 Å². The Morgan fingerprint density at radius 2 is 1.78 bits per heavy atom. The highest BCUT2D eigenvalue weighted by molar-refractivity contribution is 6.18. The van der Waals surface area contributed by atoms with Gasteiger partial charge in [-0.15, -0.1) is 24.0 Å². The summed E-state index contributed by atoms with van der Waals surface area (Å²) < 4.78 is 0. The van der Waals surface area contributed by atoms with Crippen LogP contribution in [-0.4, -0.2) is 81.5 Å². The summed E-state index contributed by atoms with van der Waals surface area (Å²) in [4.78, 5) is 12.0. The molecule has 4 atom stereocenters. The van der Waals surface area contributed by atoms with Crippen LogP contribution in [0.15, 0.2) is 0 Å². The normalized spacial score (nSPS) is 17.7. The van der Waals surface area contributed by atoms with Gasteiger partial charge in [0.1, 0.15) is 18.3 Å². The average Bonchev–Trinajstić information content (AvgIpc) is 2.35. The lowest BCUT2D eigenvalue weighted by Gasteiger charge is -2.28. The van der Waals surface area contributed by atoms with Crippen LogP contribution in [0.5, 0.6) is 0 Å². The Hall–Kier alpha value is 0.0500. The second-order valence-electron chi connectivity index (χ2n) is 3.76. The summed E-state index contributed by atoms with van der Waals surface area (Å²) in [6, 6.07) is 0. The molecule has 4 unspecified atom stereocenters. The van der Waals surface area contributed by atoms with Gasteiger partial charge in [-0.1, -0.05) is 6.92 Å². The number of nitrogens with zero attached hydrogens (tertiary/aromatic N) is 1. The molecule has 0 radical (unpaired) electrons. The number of carbonyl (C=O) groups excluding carboxylic acids is 1. The lowest BCUT2D eigenvalue weighted by molar-refractivity contribution is -0.134. The molecule has 0 saturated heterocycles. The third-order valence-corrected chi connectivity index (χ3v) is 2.70. The minimum Gasteiger partial charge on any atom is -0.389 e. The van der Waals surface area contributed by atoms with E-state index in [2.05, 4.69) is 0 Å². The van der Waals surface area contributed by atoms with Crippen LogP contribution in [0.4, 0.5) is 0 Å². The van der Waals surface area contributed by atoms with Crippen molar-refractivity contribution in [3.63, 3.8) is 0 Å². The van der Waals surface area contributed by atoms with Crippen LogP contribution in [0.25, 0.3) is 0 Å². The number of carbonyl (C=O) groups is 1. The topological polar surface area (TPSA) is 101 Å². The lowest BCUT2D eigenvalue weighted by Crippen LogP contribution is -2.49. The van der Waals surface area contributed by atoms with E-state index in [1.54, 1.807) is 4.90 Å². The van der Waals surface area contributed by atoms with Crippen molar-refractivity contribution in [1.82, 2.24) is 4.90 Å². The van der Waals surface area contributed by atoms with Gasteiger partial charge >= 0.3 is 0 Å². The fourth-order valence-electron chi connectivity index (χ4n) is 1.38. The van der Waals surface area contributed by atoms with Crippen molar-refractivity contribution < 1.29 is 25.2 Å². The average molecular weight is 306 g/mol. The minimum absolute atomic E-state index is 0. The molecular weight excluding hydrogens is 285 g/mol. The summed E-state index contributed by atoms with van der Waals surface area (Å²) in [7, 11) is 0. The molecule has 0 fully saturated rings. The third-order valence-electron chi connectivity index (χ3n) is 2.53. The maximum absolute atomic E-state index is 10.2. The molecular formula is C10H21Cl2NO5. The second-order valence-corrected chi connectivity index (χ2v) is 4.14. The Bertz CT molecular complexity index is 222. The number of aliphatic hydroxyl groups is 4. The molecule has 0 rings (SSSR count). The van der Waals surface area contributed by atoms with Gasteiger partial charge in [-0.05, 0) is 6.54 Å². The summed E-state index contributed by atoms with van der Waals surface area (Å²) in [5.74, 6) is 0.385. The smallest absolute Gasteiger partial charge is 0.151 e. The molecule has 110 valence electrons. The monoisotopic (exact) mass is 305 g/mol. The van der Waals surface area contributed by atoms with Crippen molar-refractivity contribution in [2.75, 3.05) is 25.5 Å².